The first kappa shape index (κ1) is 22.3. The first-order valence-electron chi connectivity index (χ1n) is 9.23. The van der Waals surface area contributed by atoms with Gasteiger partial charge in [-0.05, 0) is 62.4 Å². The van der Waals surface area contributed by atoms with E-state index in [2.05, 4.69) is 25.3 Å². The molecule has 0 atom stereocenters. The van der Waals surface area contributed by atoms with Gasteiger partial charge in [-0.2, -0.15) is 18.2 Å². The number of sulfonamides is 1. The lowest BCUT2D eigenvalue weighted by atomic mass is 10.2. The van der Waals surface area contributed by atoms with Crippen molar-refractivity contribution in [3.63, 3.8) is 0 Å². The molecule has 31 heavy (non-hydrogen) atoms. The Morgan fingerprint density at radius 3 is 2.13 bits per heavy atom. The van der Waals surface area contributed by atoms with Gasteiger partial charge in [0.1, 0.15) is 5.82 Å². The highest BCUT2D eigenvalue weighted by molar-refractivity contribution is 7.92. The number of hydrogen-bond donors (Lipinski definition) is 3. The van der Waals surface area contributed by atoms with Gasteiger partial charge in [-0.25, -0.2) is 13.4 Å². The van der Waals surface area contributed by atoms with Crippen LogP contribution in [0.2, 0.25) is 0 Å². The van der Waals surface area contributed by atoms with Crippen LogP contribution in [0.4, 0.5) is 36.3 Å². The van der Waals surface area contributed by atoms with Crippen molar-refractivity contribution < 1.29 is 21.6 Å². The van der Waals surface area contributed by atoms with E-state index in [0.29, 0.717) is 24.0 Å². The normalized spacial score (nSPS) is 11.8. The molecule has 164 valence electrons. The average Bonchev–Trinajstić information content (AvgIpc) is 2.68. The number of halogens is 3. The number of aromatic nitrogens is 2. The predicted molar refractivity (Wildman–Crippen MR) is 113 cm³/mol. The lowest BCUT2D eigenvalue weighted by molar-refractivity contribution is -0.137. The van der Waals surface area contributed by atoms with Gasteiger partial charge in [0.05, 0.1) is 10.5 Å². The van der Waals surface area contributed by atoms with Crippen LogP contribution in [-0.4, -0.2) is 24.9 Å². The van der Waals surface area contributed by atoms with Crippen LogP contribution < -0.4 is 15.4 Å². The maximum atomic E-state index is 12.7. The highest BCUT2D eigenvalue weighted by Gasteiger charge is 2.30. The fourth-order valence-corrected chi connectivity index (χ4v) is 3.74. The minimum Gasteiger partial charge on any atom is -0.354 e. The summed E-state index contributed by atoms with van der Waals surface area (Å²) in [5.41, 5.74) is 0.782. The number of anilines is 4. The SMILES string of the molecule is CCNc1nc(C)cc(Nc2ccc(NS(=O)(=O)c3ccc(C(F)(F)F)cc3)cc2)n1. The van der Waals surface area contributed by atoms with Gasteiger partial charge in [-0.1, -0.05) is 0 Å². The highest BCUT2D eigenvalue weighted by atomic mass is 32.2. The van der Waals surface area contributed by atoms with E-state index in [1.165, 1.54) is 12.1 Å². The molecule has 0 unspecified atom stereocenters. The Morgan fingerprint density at radius 2 is 1.55 bits per heavy atom. The Balaban J connectivity index is 1.71. The van der Waals surface area contributed by atoms with Crippen molar-refractivity contribution in [3.05, 3.63) is 65.9 Å². The van der Waals surface area contributed by atoms with Gasteiger partial charge in [0.15, 0.2) is 0 Å². The molecule has 1 aromatic heterocycles. The fourth-order valence-electron chi connectivity index (χ4n) is 2.68. The van der Waals surface area contributed by atoms with Gasteiger partial charge in [0.25, 0.3) is 10.0 Å². The highest BCUT2D eigenvalue weighted by Crippen LogP contribution is 2.30. The third-order valence-corrected chi connectivity index (χ3v) is 5.49. The lowest BCUT2D eigenvalue weighted by Crippen LogP contribution is -2.13. The molecule has 0 aliphatic heterocycles. The number of benzene rings is 2. The van der Waals surface area contributed by atoms with Crippen LogP contribution in [0, 0.1) is 6.92 Å². The largest absolute Gasteiger partial charge is 0.416 e. The Hall–Kier alpha value is -3.34. The van der Waals surface area contributed by atoms with Crippen molar-refractivity contribution in [2.24, 2.45) is 0 Å². The third kappa shape index (κ3) is 5.85. The Kier molecular flexibility index (Phi) is 6.34. The fraction of sp³-hybridized carbons (Fsp3) is 0.200. The summed E-state index contributed by atoms with van der Waals surface area (Å²) in [4.78, 5) is 8.34. The molecular formula is C20H20F3N5O2S. The van der Waals surface area contributed by atoms with Gasteiger partial charge in [-0.3, -0.25) is 4.72 Å². The molecule has 0 fully saturated rings. The third-order valence-electron chi connectivity index (χ3n) is 4.09. The van der Waals surface area contributed by atoms with E-state index < -0.39 is 21.8 Å². The van der Waals surface area contributed by atoms with Crippen molar-refractivity contribution in [1.82, 2.24) is 9.97 Å². The smallest absolute Gasteiger partial charge is 0.354 e. The number of alkyl halides is 3. The molecule has 2 aromatic carbocycles. The summed E-state index contributed by atoms with van der Waals surface area (Å²) in [6.07, 6.45) is -4.53. The predicted octanol–water partition coefficient (Wildman–Crippen LogP) is 4.78. The molecule has 0 radical (unpaired) electrons. The monoisotopic (exact) mass is 451 g/mol. The van der Waals surface area contributed by atoms with E-state index in [4.69, 9.17) is 0 Å². The van der Waals surface area contributed by atoms with Crippen LogP contribution in [0.15, 0.2) is 59.5 Å². The molecule has 3 aromatic rings. The average molecular weight is 451 g/mol. The molecule has 3 rings (SSSR count). The number of nitrogens with zero attached hydrogens (tertiary/aromatic N) is 2. The summed E-state index contributed by atoms with van der Waals surface area (Å²) in [6, 6.07) is 11.4. The summed E-state index contributed by atoms with van der Waals surface area (Å²) < 4.78 is 65.2. The van der Waals surface area contributed by atoms with Crippen LogP contribution >= 0.6 is 0 Å². The zero-order valence-electron chi connectivity index (χ0n) is 16.7. The summed E-state index contributed by atoms with van der Waals surface area (Å²) in [7, 11) is -4.03. The summed E-state index contributed by atoms with van der Waals surface area (Å²) >= 11 is 0. The molecule has 0 spiro atoms. The van der Waals surface area contributed by atoms with Crippen molar-refractivity contribution in [3.8, 4) is 0 Å². The van der Waals surface area contributed by atoms with E-state index >= 15 is 0 Å². The van der Waals surface area contributed by atoms with E-state index in [1.807, 2.05) is 13.8 Å². The van der Waals surface area contributed by atoms with E-state index in [0.717, 1.165) is 30.0 Å². The van der Waals surface area contributed by atoms with E-state index in [-0.39, 0.29) is 10.6 Å². The molecule has 11 heteroatoms. The number of rotatable bonds is 7. The Labute approximate surface area is 177 Å². The Morgan fingerprint density at radius 1 is 0.935 bits per heavy atom. The maximum Gasteiger partial charge on any atom is 0.416 e. The Bertz CT molecular complexity index is 1150. The topological polar surface area (TPSA) is 96.0 Å². The standard InChI is InChI=1S/C20H20F3N5O2S/c1-3-24-19-25-13(2)12-18(27-19)26-15-6-8-16(9-7-15)28-31(29,30)17-10-4-14(5-11-17)20(21,22)23/h4-12,28H,3H2,1-2H3,(H2,24,25,26,27). The van der Waals surface area contributed by atoms with Gasteiger partial charge in [0.2, 0.25) is 5.95 Å². The van der Waals surface area contributed by atoms with Gasteiger partial charge < -0.3 is 10.6 Å². The van der Waals surface area contributed by atoms with Gasteiger partial charge in [0, 0.05) is 29.7 Å². The van der Waals surface area contributed by atoms with Crippen molar-refractivity contribution in [1.29, 1.82) is 0 Å². The maximum absolute atomic E-state index is 12.7. The van der Waals surface area contributed by atoms with Gasteiger partial charge >= 0.3 is 6.18 Å². The van der Waals surface area contributed by atoms with Gasteiger partial charge in [-0.15, -0.1) is 0 Å². The molecule has 0 bridgehead atoms. The second-order valence-corrected chi connectivity index (χ2v) is 8.26. The second kappa shape index (κ2) is 8.80. The summed E-state index contributed by atoms with van der Waals surface area (Å²) in [5, 5.41) is 6.15. The molecule has 0 aliphatic carbocycles. The zero-order chi connectivity index (χ0) is 22.6. The number of aryl methyl sites for hydroxylation is 1. The first-order chi connectivity index (χ1) is 14.6. The van der Waals surface area contributed by atoms with Crippen LogP contribution in [-0.2, 0) is 16.2 Å². The molecule has 1 heterocycles. The van der Waals surface area contributed by atoms with Crippen LogP contribution in [0.5, 0.6) is 0 Å². The number of nitrogens with one attached hydrogen (secondary N) is 3. The van der Waals surface area contributed by atoms with Crippen molar-refractivity contribution in [2.45, 2.75) is 24.9 Å². The van der Waals surface area contributed by atoms with Crippen molar-refractivity contribution in [2.75, 3.05) is 21.9 Å². The summed E-state index contributed by atoms with van der Waals surface area (Å²) in [5.74, 6) is 1.06. The van der Waals surface area contributed by atoms with Crippen molar-refractivity contribution >= 4 is 33.2 Å². The molecule has 7 nitrogen and oxygen atoms in total. The molecule has 0 aliphatic rings. The zero-order valence-corrected chi connectivity index (χ0v) is 17.5. The first-order valence-corrected chi connectivity index (χ1v) is 10.7. The lowest BCUT2D eigenvalue weighted by Gasteiger charge is -2.12. The molecule has 3 N–H and O–H groups in total. The molecule has 0 saturated heterocycles. The summed E-state index contributed by atoms with van der Waals surface area (Å²) in [6.45, 7) is 4.45. The van der Waals surface area contributed by atoms with E-state index in [9.17, 15) is 21.6 Å². The molecule has 0 saturated carbocycles. The molecular weight excluding hydrogens is 431 g/mol. The van der Waals surface area contributed by atoms with Crippen LogP contribution in [0.25, 0.3) is 0 Å². The minimum atomic E-state index is -4.53. The molecule has 0 amide bonds. The van der Waals surface area contributed by atoms with Crippen LogP contribution in [0.3, 0.4) is 0 Å². The van der Waals surface area contributed by atoms with E-state index in [1.54, 1.807) is 18.2 Å². The minimum absolute atomic E-state index is 0.262. The van der Waals surface area contributed by atoms with Crippen LogP contribution in [0.1, 0.15) is 18.2 Å². The second-order valence-electron chi connectivity index (χ2n) is 6.58. The number of hydrogen-bond acceptors (Lipinski definition) is 6. The quantitative estimate of drug-likeness (QED) is 0.479.